The van der Waals surface area contributed by atoms with E-state index in [4.69, 9.17) is 5.73 Å². The first kappa shape index (κ1) is 14.9. The smallest absolute Gasteiger partial charge is 0.245 e. The first-order valence-corrected chi connectivity index (χ1v) is 7.35. The summed E-state index contributed by atoms with van der Waals surface area (Å²) in [4.78, 5) is 2.09. The lowest BCUT2D eigenvalue weighted by molar-refractivity contribution is 0.256. The van der Waals surface area contributed by atoms with E-state index in [9.17, 15) is 8.42 Å². The van der Waals surface area contributed by atoms with E-state index < -0.39 is 10.0 Å². The molecule has 0 amide bonds. The molecule has 1 heterocycles. The van der Waals surface area contributed by atoms with E-state index in [1.165, 1.54) is 6.20 Å². The molecule has 0 aliphatic rings. The third kappa shape index (κ3) is 3.69. The van der Waals surface area contributed by atoms with Gasteiger partial charge < -0.3 is 10.6 Å². The topological polar surface area (TPSA) is 104 Å². The number of nitrogens with zero attached hydrogens (tertiary/aromatic N) is 2. The van der Waals surface area contributed by atoms with Crippen molar-refractivity contribution < 1.29 is 8.42 Å². The minimum Gasteiger partial charge on any atom is -0.383 e. The molecule has 1 unspecified atom stereocenters. The molecule has 0 aliphatic carbocycles. The van der Waals surface area contributed by atoms with Gasteiger partial charge in [0.25, 0.3) is 0 Å². The molecule has 0 saturated carbocycles. The fraction of sp³-hybridized carbons (Fsp3) is 0.700. The van der Waals surface area contributed by atoms with Crippen LogP contribution in [0.3, 0.4) is 0 Å². The summed E-state index contributed by atoms with van der Waals surface area (Å²) < 4.78 is 26.2. The van der Waals surface area contributed by atoms with Crippen LogP contribution in [-0.4, -0.2) is 49.7 Å². The third-order valence-electron chi connectivity index (χ3n) is 3.02. The van der Waals surface area contributed by atoms with Gasteiger partial charge in [0.1, 0.15) is 10.7 Å². The average molecular weight is 275 g/mol. The summed E-state index contributed by atoms with van der Waals surface area (Å²) in [6.07, 6.45) is 2.23. The van der Waals surface area contributed by atoms with E-state index in [1.54, 1.807) is 0 Å². The average Bonchev–Trinajstić information content (AvgIpc) is 2.74. The monoisotopic (exact) mass is 275 g/mol. The maximum absolute atomic E-state index is 11.9. The van der Waals surface area contributed by atoms with Gasteiger partial charge in [-0.15, -0.1) is 0 Å². The summed E-state index contributed by atoms with van der Waals surface area (Å²) in [6.45, 7) is 5.18. The minimum atomic E-state index is -3.57. The number of aromatic amines is 1. The van der Waals surface area contributed by atoms with Crippen molar-refractivity contribution in [2.24, 2.45) is 0 Å². The lowest BCUT2D eigenvalue weighted by atomic mass is 10.2. The minimum absolute atomic E-state index is 0.00584. The molecule has 0 radical (unpaired) electrons. The molecule has 0 spiro atoms. The first-order chi connectivity index (χ1) is 8.38. The normalized spacial score (nSPS) is 14.0. The molecular formula is C10H21N5O2S. The highest BCUT2D eigenvalue weighted by Gasteiger charge is 2.19. The number of nitrogens with two attached hydrogens (primary N) is 1. The second kappa shape index (κ2) is 6.17. The predicted molar refractivity (Wildman–Crippen MR) is 70.6 cm³/mol. The van der Waals surface area contributed by atoms with E-state index in [1.807, 2.05) is 7.05 Å². The molecule has 0 aliphatic heterocycles. The number of nitrogen functional groups attached to an aromatic ring is 1. The third-order valence-corrected chi connectivity index (χ3v) is 4.51. The molecule has 1 rings (SSSR count). The molecule has 0 saturated heterocycles. The zero-order valence-electron chi connectivity index (χ0n) is 11.0. The van der Waals surface area contributed by atoms with Crippen molar-refractivity contribution in [3.63, 3.8) is 0 Å². The molecule has 0 aromatic carbocycles. The molecule has 7 nitrogen and oxygen atoms in total. The highest BCUT2D eigenvalue weighted by molar-refractivity contribution is 7.89. The van der Waals surface area contributed by atoms with Crippen LogP contribution in [0, 0.1) is 0 Å². The lowest BCUT2D eigenvalue weighted by Crippen LogP contribution is -2.37. The zero-order chi connectivity index (χ0) is 13.8. The predicted octanol–water partition coefficient (Wildman–Crippen LogP) is 0.000500. The standard InChI is InChI=1S/C10H21N5O2S/c1-4-8(2)15(3)6-5-13-18(16,17)9-7-12-14-10(9)11/h7-8,13H,4-6H2,1-3H3,(H3,11,12,14). The number of nitrogens with one attached hydrogen (secondary N) is 2. The van der Waals surface area contributed by atoms with Gasteiger partial charge in [-0.2, -0.15) is 5.10 Å². The van der Waals surface area contributed by atoms with Crippen LogP contribution < -0.4 is 10.5 Å². The highest BCUT2D eigenvalue weighted by atomic mass is 32.2. The van der Waals surface area contributed by atoms with Gasteiger partial charge in [-0.3, -0.25) is 5.10 Å². The Morgan fingerprint density at radius 2 is 2.28 bits per heavy atom. The Labute approximate surface area is 108 Å². The number of H-pyrrole nitrogens is 1. The van der Waals surface area contributed by atoms with Crippen LogP contribution in [-0.2, 0) is 10.0 Å². The van der Waals surface area contributed by atoms with E-state index in [-0.39, 0.29) is 10.7 Å². The number of rotatable bonds is 7. The summed E-state index contributed by atoms with van der Waals surface area (Å²) >= 11 is 0. The summed E-state index contributed by atoms with van der Waals surface area (Å²) in [6, 6.07) is 0.425. The van der Waals surface area contributed by atoms with E-state index in [2.05, 4.69) is 33.7 Å². The van der Waals surface area contributed by atoms with Crippen LogP contribution >= 0.6 is 0 Å². The molecule has 18 heavy (non-hydrogen) atoms. The molecule has 1 atom stereocenters. The Morgan fingerprint density at radius 3 is 2.78 bits per heavy atom. The van der Waals surface area contributed by atoms with E-state index in [0.29, 0.717) is 19.1 Å². The van der Waals surface area contributed by atoms with E-state index in [0.717, 1.165) is 6.42 Å². The Kier molecular flexibility index (Phi) is 5.12. The Hall–Kier alpha value is -1.12. The quantitative estimate of drug-likeness (QED) is 0.650. The largest absolute Gasteiger partial charge is 0.383 e. The van der Waals surface area contributed by atoms with Gasteiger partial charge in [0.15, 0.2) is 0 Å². The Balaban J connectivity index is 2.52. The summed E-state index contributed by atoms with van der Waals surface area (Å²) in [5.74, 6) is 0.0535. The van der Waals surface area contributed by atoms with Crippen LogP contribution in [0.4, 0.5) is 5.82 Å². The van der Waals surface area contributed by atoms with Crippen LogP contribution in [0.1, 0.15) is 20.3 Å². The number of hydrogen-bond donors (Lipinski definition) is 3. The number of likely N-dealkylation sites (N-methyl/N-ethyl adjacent to an activating group) is 1. The zero-order valence-corrected chi connectivity index (χ0v) is 11.8. The molecule has 1 aromatic heterocycles. The fourth-order valence-electron chi connectivity index (χ4n) is 1.47. The second-order valence-electron chi connectivity index (χ2n) is 4.28. The summed E-state index contributed by atoms with van der Waals surface area (Å²) in [5.41, 5.74) is 5.48. The van der Waals surface area contributed by atoms with Gasteiger partial charge >= 0.3 is 0 Å². The van der Waals surface area contributed by atoms with Crippen molar-refractivity contribution in [1.29, 1.82) is 0 Å². The van der Waals surface area contributed by atoms with Crippen molar-refractivity contribution >= 4 is 15.8 Å². The van der Waals surface area contributed by atoms with Crippen LogP contribution in [0.15, 0.2) is 11.1 Å². The van der Waals surface area contributed by atoms with Crippen LogP contribution in [0.2, 0.25) is 0 Å². The van der Waals surface area contributed by atoms with Gasteiger partial charge in [-0.1, -0.05) is 6.92 Å². The number of aromatic nitrogens is 2. The maximum atomic E-state index is 11.9. The SMILES string of the molecule is CCC(C)N(C)CCNS(=O)(=O)c1cn[nH]c1N. The van der Waals surface area contributed by atoms with Crippen LogP contribution in [0.5, 0.6) is 0 Å². The molecule has 0 bridgehead atoms. The molecule has 104 valence electrons. The van der Waals surface area contributed by atoms with Crippen molar-refractivity contribution in [1.82, 2.24) is 19.8 Å². The first-order valence-electron chi connectivity index (χ1n) is 5.87. The Morgan fingerprint density at radius 1 is 1.61 bits per heavy atom. The Bertz CT molecular complexity index is 470. The second-order valence-corrected chi connectivity index (χ2v) is 6.02. The van der Waals surface area contributed by atoms with Crippen molar-refractivity contribution in [2.75, 3.05) is 25.9 Å². The summed E-state index contributed by atoms with van der Waals surface area (Å²) in [5, 5.41) is 5.99. The molecule has 4 N–H and O–H groups in total. The molecule has 8 heteroatoms. The van der Waals surface area contributed by atoms with Crippen LogP contribution in [0.25, 0.3) is 0 Å². The fourth-order valence-corrected chi connectivity index (χ4v) is 2.51. The molecule has 1 aromatic rings. The van der Waals surface area contributed by atoms with Gasteiger partial charge in [-0.25, -0.2) is 13.1 Å². The van der Waals surface area contributed by atoms with Gasteiger partial charge in [0, 0.05) is 19.1 Å². The van der Waals surface area contributed by atoms with Gasteiger partial charge in [0.2, 0.25) is 10.0 Å². The van der Waals surface area contributed by atoms with E-state index >= 15 is 0 Å². The highest BCUT2D eigenvalue weighted by Crippen LogP contribution is 2.13. The summed E-state index contributed by atoms with van der Waals surface area (Å²) in [7, 11) is -1.60. The van der Waals surface area contributed by atoms with Crippen molar-refractivity contribution in [2.45, 2.75) is 31.2 Å². The van der Waals surface area contributed by atoms with Gasteiger partial charge in [0.05, 0.1) is 6.20 Å². The number of anilines is 1. The number of sulfonamides is 1. The maximum Gasteiger partial charge on any atom is 0.245 e. The van der Waals surface area contributed by atoms with Crippen molar-refractivity contribution in [3.05, 3.63) is 6.20 Å². The molecular weight excluding hydrogens is 254 g/mol. The number of hydrogen-bond acceptors (Lipinski definition) is 5. The molecule has 0 fully saturated rings. The lowest BCUT2D eigenvalue weighted by Gasteiger charge is -2.23. The van der Waals surface area contributed by atoms with Crippen molar-refractivity contribution in [3.8, 4) is 0 Å². The van der Waals surface area contributed by atoms with Gasteiger partial charge in [-0.05, 0) is 20.4 Å².